The summed E-state index contributed by atoms with van der Waals surface area (Å²) < 4.78 is 59.3. The molecule has 0 bridgehead atoms. The molecule has 176 valence electrons. The highest BCUT2D eigenvalue weighted by Crippen LogP contribution is 2.44. The van der Waals surface area contributed by atoms with Gasteiger partial charge >= 0.3 is 6.18 Å². The van der Waals surface area contributed by atoms with E-state index >= 15 is 0 Å². The zero-order valence-corrected chi connectivity index (χ0v) is 18.3. The number of allylic oxidation sites excluding steroid dienone is 2. The summed E-state index contributed by atoms with van der Waals surface area (Å²) in [7, 11) is 0. The van der Waals surface area contributed by atoms with Gasteiger partial charge in [-0.05, 0) is 78.4 Å². The molecule has 9 heteroatoms. The van der Waals surface area contributed by atoms with Crippen LogP contribution in [-0.4, -0.2) is 11.0 Å². The number of nitrogens with zero attached hydrogens (tertiary/aromatic N) is 1. The highest BCUT2D eigenvalue weighted by molar-refractivity contribution is 6.30. The molecular formula is C25H17ClF4NO3-. The molecule has 1 aliphatic rings. The predicted molar refractivity (Wildman–Crippen MR) is 116 cm³/mol. The molecule has 34 heavy (non-hydrogen) atoms. The molecule has 4 nitrogen and oxygen atoms in total. The number of rotatable bonds is 6. The molecule has 1 aliphatic carbocycles. The molecule has 0 atom stereocenters. The topological polar surface area (TPSA) is 62.2 Å². The summed E-state index contributed by atoms with van der Waals surface area (Å²) in [5, 5.41) is 11.7. The van der Waals surface area contributed by atoms with Crippen LogP contribution in [0.2, 0.25) is 5.02 Å². The number of carboxylic acids is 1. The van der Waals surface area contributed by atoms with Crippen molar-refractivity contribution in [3.8, 4) is 5.75 Å². The Balaban J connectivity index is 1.77. The lowest BCUT2D eigenvalue weighted by Crippen LogP contribution is -2.25. The maximum absolute atomic E-state index is 13.4. The van der Waals surface area contributed by atoms with Crippen LogP contribution in [0.3, 0.4) is 0 Å². The second kappa shape index (κ2) is 9.46. The monoisotopic (exact) mass is 490 g/mol. The Bertz CT molecular complexity index is 1270. The molecular weight excluding hydrogens is 474 g/mol. The molecule has 0 aliphatic heterocycles. The van der Waals surface area contributed by atoms with E-state index in [9.17, 15) is 27.5 Å². The van der Waals surface area contributed by atoms with Crippen molar-refractivity contribution >= 4 is 28.7 Å². The zero-order valence-electron chi connectivity index (χ0n) is 17.6. The minimum atomic E-state index is -4.75. The van der Waals surface area contributed by atoms with Gasteiger partial charge < -0.3 is 14.6 Å². The minimum Gasteiger partial charge on any atom is -0.543 e. The van der Waals surface area contributed by atoms with Gasteiger partial charge in [0.1, 0.15) is 18.2 Å². The van der Waals surface area contributed by atoms with Crippen LogP contribution in [0.5, 0.6) is 5.75 Å². The fourth-order valence-corrected chi connectivity index (χ4v) is 4.05. The zero-order chi connectivity index (χ0) is 24.5. The number of hydrogen-bond donors (Lipinski definition) is 0. The molecule has 0 spiro atoms. The Kier molecular flexibility index (Phi) is 6.61. The third kappa shape index (κ3) is 5.22. The molecule has 0 saturated carbocycles. The predicted octanol–water partition coefficient (Wildman–Crippen LogP) is 5.93. The quantitative estimate of drug-likeness (QED) is 0.402. The molecule has 1 heterocycles. The van der Waals surface area contributed by atoms with Crippen LogP contribution in [-0.2, 0) is 12.8 Å². The first-order chi connectivity index (χ1) is 16.1. The van der Waals surface area contributed by atoms with Gasteiger partial charge in [0.2, 0.25) is 0 Å². The summed E-state index contributed by atoms with van der Waals surface area (Å²) in [6, 6.07) is 12.0. The Morgan fingerprint density at radius 2 is 1.74 bits per heavy atom. The maximum Gasteiger partial charge on any atom is 0.416 e. The molecule has 0 saturated heterocycles. The van der Waals surface area contributed by atoms with Crippen molar-refractivity contribution in [3.63, 3.8) is 0 Å². The Morgan fingerprint density at radius 1 is 1.03 bits per heavy atom. The van der Waals surface area contributed by atoms with Crippen molar-refractivity contribution in [2.24, 2.45) is 0 Å². The third-order valence-electron chi connectivity index (χ3n) is 5.46. The number of pyridine rings is 1. The van der Waals surface area contributed by atoms with Crippen LogP contribution in [0.1, 0.15) is 52.1 Å². The van der Waals surface area contributed by atoms with Gasteiger partial charge in [0.25, 0.3) is 0 Å². The lowest BCUT2D eigenvalue weighted by Gasteiger charge is -2.16. The Labute approximate surface area is 197 Å². The van der Waals surface area contributed by atoms with E-state index < -0.39 is 23.4 Å². The van der Waals surface area contributed by atoms with E-state index in [1.165, 1.54) is 12.1 Å². The molecule has 0 amide bonds. The second-order valence-corrected chi connectivity index (χ2v) is 8.21. The van der Waals surface area contributed by atoms with Crippen LogP contribution >= 0.6 is 11.6 Å². The molecule has 0 radical (unpaired) electrons. The standard InChI is InChI=1S/C25H18ClF4NO3/c26-16-6-9-23(34-13-14-4-7-17(27)8-5-14)20(12-16)18-2-1-3-19(18)21-10-15(25(28,29)30)11-22(31-21)24(32)33/h4-12H,1-3,13H2,(H,32,33)/p-1. The summed E-state index contributed by atoms with van der Waals surface area (Å²) in [6.07, 6.45) is -3.20. The minimum absolute atomic E-state index is 0.0778. The van der Waals surface area contributed by atoms with E-state index in [1.54, 1.807) is 30.3 Å². The molecule has 1 aromatic heterocycles. The van der Waals surface area contributed by atoms with E-state index in [1.807, 2.05) is 0 Å². The van der Waals surface area contributed by atoms with Gasteiger partial charge in [0.15, 0.2) is 0 Å². The van der Waals surface area contributed by atoms with Crippen LogP contribution in [0.4, 0.5) is 17.6 Å². The number of aromatic carboxylic acids is 1. The van der Waals surface area contributed by atoms with Gasteiger partial charge in [-0.15, -0.1) is 0 Å². The maximum atomic E-state index is 13.4. The summed E-state index contributed by atoms with van der Waals surface area (Å²) in [5.41, 5.74) is 0.482. The molecule has 2 aromatic carbocycles. The Morgan fingerprint density at radius 3 is 2.41 bits per heavy atom. The van der Waals surface area contributed by atoms with E-state index in [-0.39, 0.29) is 18.1 Å². The fourth-order valence-electron chi connectivity index (χ4n) is 3.88. The molecule has 0 N–H and O–H groups in total. The number of halogens is 5. The van der Waals surface area contributed by atoms with Gasteiger partial charge in [-0.25, -0.2) is 9.37 Å². The second-order valence-electron chi connectivity index (χ2n) is 7.78. The average Bonchev–Trinajstić information content (AvgIpc) is 3.28. The lowest BCUT2D eigenvalue weighted by atomic mass is 9.98. The van der Waals surface area contributed by atoms with Gasteiger partial charge in [-0.3, -0.25) is 0 Å². The summed E-state index contributed by atoms with van der Waals surface area (Å²) in [6.45, 7) is 0.133. The average molecular weight is 491 g/mol. The molecule has 0 unspecified atom stereocenters. The normalized spacial score (nSPS) is 13.9. The van der Waals surface area contributed by atoms with Crippen molar-refractivity contribution in [3.05, 3.63) is 93.5 Å². The molecule has 0 fully saturated rings. The Hall–Kier alpha value is -3.39. The highest BCUT2D eigenvalue weighted by Gasteiger charge is 2.33. The van der Waals surface area contributed by atoms with Gasteiger partial charge in [-0.2, -0.15) is 13.2 Å². The van der Waals surface area contributed by atoms with Crippen molar-refractivity contribution in [1.82, 2.24) is 4.98 Å². The van der Waals surface area contributed by atoms with E-state index in [4.69, 9.17) is 16.3 Å². The SMILES string of the molecule is O=C([O-])c1cc(C(F)(F)F)cc(C2=C(c3cc(Cl)ccc3OCc3ccc(F)cc3)CCC2)n1. The molecule has 4 rings (SSSR count). The van der Waals surface area contributed by atoms with Crippen molar-refractivity contribution in [2.45, 2.75) is 32.0 Å². The number of benzene rings is 2. The van der Waals surface area contributed by atoms with Crippen LogP contribution in [0.15, 0.2) is 54.6 Å². The highest BCUT2D eigenvalue weighted by atomic mass is 35.5. The van der Waals surface area contributed by atoms with Crippen molar-refractivity contribution in [2.75, 3.05) is 0 Å². The third-order valence-corrected chi connectivity index (χ3v) is 5.70. The largest absolute Gasteiger partial charge is 0.543 e. The van der Waals surface area contributed by atoms with Gasteiger partial charge in [0.05, 0.1) is 22.9 Å². The van der Waals surface area contributed by atoms with E-state index in [2.05, 4.69) is 4.98 Å². The first-order valence-electron chi connectivity index (χ1n) is 10.3. The summed E-state index contributed by atoms with van der Waals surface area (Å²) >= 11 is 6.21. The lowest BCUT2D eigenvalue weighted by molar-refractivity contribution is -0.255. The number of ether oxygens (including phenoxy) is 1. The van der Waals surface area contributed by atoms with Crippen LogP contribution in [0, 0.1) is 5.82 Å². The van der Waals surface area contributed by atoms with Crippen molar-refractivity contribution < 1.29 is 32.2 Å². The number of aromatic nitrogens is 1. The number of carbonyl (C=O) groups excluding carboxylic acids is 1. The summed E-state index contributed by atoms with van der Waals surface area (Å²) in [5.74, 6) is -1.73. The first-order valence-corrected chi connectivity index (χ1v) is 10.7. The number of hydrogen-bond acceptors (Lipinski definition) is 4. The number of alkyl halides is 3. The summed E-state index contributed by atoms with van der Waals surface area (Å²) in [4.78, 5) is 15.2. The van der Waals surface area contributed by atoms with Gasteiger partial charge in [0, 0.05) is 10.6 Å². The van der Waals surface area contributed by atoms with Crippen LogP contribution in [0.25, 0.3) is 11.1 Å². The van der Waals surface area contributed by atoms with Gasteiger partial charge in [-0.1, -0.05) is 23.7 Å². The van der Waals surface area contributed by atoms with E-state index in [0.29, 0.717) is 52.8 Å². The number of carbonyl (C=O) groups is 1. The van der Waals surface area contributed by atoms with Crippen LogP contribution < -0.4 is 9.84 Å². The number of carboxylic acid groups (broad SMARTS) is 1. The fraction of sp³-hybridized carbons (Fsp3) is 0.200. The first kappa shape index (κ1) is 23.8. The smallest absolute Gasteiger partial charge is 0.416 e. The van der Waals surface area contributed by atoms with Crippen molar-refractivity contribution in [1.29, 1.82) is 0 Å². The van der Waals surface area contributed by atoms with E-state index in [0.717, 1.165) is 11.6 Å². The molecule has 3 aromatic rings.